The van der Waals surface area contributed by atoms with E-state index in [-0.39, 0.29) is 24.8 Å². The molecule has 3 heterocycles. The minimum absolute atomic E-state index is 0.0105. The van der Waals surface area contributed by atoms with Crippen molar-refractivity contribution in [2.24, 2.45) is 4.99 Å². The van der Waals surface area contributed by atoms with Crippen molar-refractivity contribution in [1.29, 1.82) is 0 Å². The highest BCUT2D eigenvalue weighted by atomic mass is 32.2. The van der Waals surface area contributed by atoms with Gasteiger partial charge in [0, 0.05) is 44.4 Å². The molecule has 196 valence electrons. The maximum Gasteiger partial charge on any atom is 0.338 e. The van der Waals surface area contributed by atoms with Gasteiger partial charge in [-0.15, -0.1) is 0 Å². The topological polar surface area (TPSA) is 82.5 Å². The first-order chi connectivity index (χ1) is 18.5. The van der Waals surface area contributed by atoms with Crippen molar-refractivity contribution in [3.05, 3.63) is 88.5 Å². The van der Waals surface area contributed by atoms with Crippen LogP contribution in [0.1, 0.15) is 37.4 Å². The fraction of sp³-hybridized carbons (Fsp3) is 0.310. The van der Waals surface area contributed by atoms with Crippen LogP contribution in [-0.2, 0) is 19.1 Å². The van der Waals surface area contributed by atoms with Crippen LogP contribution in [0.15, 0.2) is 82.3 Å². The van der Waals surface area contributed by atoms with Crippen molar-refractivity contribution >= 4 is 40.4 Å². The number of esters is 1. The minimum atomic E-state index is -0.499. The van der Waals surface area contributed by atoms with Gasteiger partial charge in [-0.3, -0.25) is 9.59 Å². The third-order valence-electron chi connectivity index (χ3n) is 6.88. The zero-order chi connectivity index (χ0) is 26.6. The molecule has 1 atom stereocenters. The highest BCUT2D eigenvalue weighted by Crippen LogP contribution is 2.47. The van der Waals surface area contributed by atoms with Crippen LogP contribution in [0.25, 0.3) is 5.70 Å². The van der Waals surface area contributed by atoms with Gasteiger partial charge in [0.25, 0.3) is 0 Å². The zero-order valence-corrected chi connectivity index (χ0v) is 22.3. The van der Waals surface area contributed by atoms with Crippen molar-refractivity contribution < 1.29 is 19.1 Å². The maximum absolute atomic E-state index is 13.5. The molecule has 2 aromatic carbocycles. The fourth-order valence-electron chi connectivity index (χ4n) is 4.98. The number of piperazine rings is 1. The van der Waals surface area contributed by atoms with Crippen LogP contribution in [-0.4, -0.2) is 70.4 Å². The number of amides is 2. The Morgan fingerprint density at radius 2 is 1.58 bits per heavy atom. The molecule has 2 aromatic rings. The number of thioether (sulfide) groups is 1. The Kier molecular flexibility index (Phi) is 7.64. The van der Waals surface area contributed by atoms with Gasteiger partial charge in [0.05, 0.1) is 30.3 Å². The maximum atomic E-state index is 13.5. The molecular weight excluding hydrogens is 500 g/mol. The second kappa shape index (κ2) is 11.3. The van der Waals surface area contributed by atoms with Gasteiger partial charge in [-0.2, -0.15) is 0 Å². The third-order valence-corrected chi connectivity index (χ3v) is 7.77. The van der Waals surface area contributed by atoms with Gasteiger partial charge in [-0.25, -0.2) is 9.79 Å². The number of hydrogen-bond acceptors (Lipinski definition) is 7. The summed E-state index contributed by atoms with van der Waals surface area (Å²) < 4.78 is 5.55. The van der Waals surface area contributed by atoms with Crippen molar-refractivity contribution in [3.63, 3.8) is 0 Å². The molecule has 1 saturated heterocycles. The molecule has 0 bridgehead atoms. The van der Waals surface area contributed by atoms with Crippen LogP contribution >= 0.6 is 11.8 Å². The van der Waals surface area contributed by atoms with Gasteiger partial charge >= 0.3 is 5.97 Å². The zero-order valence-electron chi connectivity index (χ0n) is 21.5. The summed E-state index contributed by atoms with van der Waals surface area (Å²) in [6.07, 6.45) is 0.173. The summed E-state index contributed by atoms with van der Waals surface area (Å²) in [5.41, 5.74) is 3.56. The standard InChI is InChI=1S/C29H30N4O4S/c1-3-37-28(36)25-26(21-10-6-4-7-11-21)30-29-33(27(25)22-12-8-5-9-13-22)23(19-38-29)18-24(35)32-16-14-31(15-17-32)20(2)34/h4-13,19,27H,3,14-18H2,1-2H3/t27-/m1/s1. The number of carbonyl (C=O) groups is 3. The molecular formula is C29H30N4O4S. The molecule has 0 radical (unpaired) electrons. The number of nitrogens with zero attached hydrogens (tertiary/aromatic N) is 4. The summed E-state index contributed by atoms with van der Waals surface area (Å²) in [5, 5.41) is 2.67. The summed E-state index contributed by atoms with van der Waals surface area (Å²) in [5.74, 6) is -0.408. The van der Waals surface area contributed by atoms with Crippen molar-refractivity contribution in [2.45, 2.75) is 26.3 Å². The van der Waals surface area contributed by atoms with Crippen LogP contribution in [0.4, 0.5) is 0 Å². The molecule has 38 heavy (non-hydrogen) atoms. The molecule has 0 unspecified atom stereocenters. The molecule has 3 aliphatic heterocycles. The SMILES string of the molecule is CCOC(=O)C1=C(c2ccccc2)N=C2SC=C(CC(=O)N3CCN(C(C)=O)CC3)N2[C@@H]1c1ccccc1. The average Bonchev–Trinajstić information content (AvgIpc) is 3.35. The van der Waals surface area contributed by atoms with Gasteiger partial charge in [0.15, 0.2) is 5.17 Å². The lowest BCUT2D eigenvalue weighted by Crippen LogP contribution is -2.50. The number of hydrogen-bond donors (Lipinski definition) is 0. The third kappa shape index (κ3) is 5.11. The van der Waals surface area contributed by atoms with Gasteiger partial charge in [-0.1, -0.05) is 72.4 Å². The summed E-state index contributed by atoms with van der Waals surface area (Å²) in [4.78, 5) is 49.1. The van der Waals surface area contributed by atoms with Crippen LogP contribution < -0.4 is 0 Å². The molecule has 0 aliphatic carbocycles. The first-order valence-corrected chi connectivity index (χ1v) is 13.6. The first-order valence-electron chi connectivity index (χ1n) is 12.8. The lowest BCUT2D eigenvalue weighted by molar-refractivity contribution is -0.139. The quantitative estimate of drug-likeness (QED) is 0.525. The number of ether oxygens (including phenoxy) is 1. The second-order valence-electron chi connectivity index (χ2n) is 9.22. The molecule has 0 spiro atoms. The Morgan fingerprint density at radius 3 is 2.21 bits per heavy atom. The molecule has 0 saturated carbocycles. The number of carbonyl (C=O) groups excluding carboxylic acids is 3. The van der Waals surface area contributed by atoms with Crippen LogP contribution in [0.3, 0.4) is 0 Å². The molecule has 5 rings (SSSR count). The number of fused-ring (bicyclic) bond motifs is 1. The predicted molar refractivity (Wildman–Crippen MR) is 148 cm³/mol. The summed E-state index contributed by atoms with van der Waals surface area (Å²) in [7, 11) is 0. The summed E-state index contributed by atoms with van der Waals surface area (Å²) >= 11 is 1.46. The van der Waals surface area contributed by atoms with E-state index < -0.39 is 12.0 Å². The van der Waals surface area contributed by atoms with Gasteiger partial charge < -0.3 is 19.4 Å². The van der Waals surface area contributed by atoms with Crippen molar-refractivity contribution in [2.75, 3.05) is 32.8 Å². The van der Waals surface area contributed by atoms with Gasteiger partial charge in [0.1, 0.15) is 0 Å². The number of benzene rings is 2. The van der Waals surface area contributed by atoms with Gasteiger partial charge in [0.2, 0.25) is 11.8 Å². The fourth-order valence-corrected chi connectivity index (χ4v) is 5.90. The predicted octanol–water partition coefficient (Wildman–Crippen LogP) is 4.04. The Balaban J connectivity index is 1.50. The number of aliphatic imine (C=N–C) groups is 1. The molecule has 0 aromatic heterocycles. The van der Waals surface area contributed by atoms with E-state index in [2.05, 4.69) is 0 Å². The lowest BCUT2D eigenvalue weighted by atomic mass is 9.91. The second-order valence-corrected chi connectivity index (χ2v) is 10.1. The Bertz CT molecular complexity index is 1310. The number of amidine groups is 1. The van der Waals surface area contributed by atoms with Crippen LogP contribution in [0, 0.1) is 0 Å². The van der Waals surface area contributed by atoms with E-state index >= 15 is 0 Å². The molecule has 2 amide bonds. The highest BCUT2D eigenvalue weighted by molar-refractivity contribution is 8.16. The van der Waals surface area contributed by atoms with Crippen LogP contribution in [0.2, 0.25) is 0 Å². The average molecular weight is 531 g/mol. The highest BCUT2D eigenvalue weighted by Gasteiger charge is 2.42. The van der Waals surface area contributed by atoms with E-state index in [1.807, 2.05) is 71.0 Å². The largest absolute Gasteiger partial charge is 0.463 e. The molecule has 1 fully saturated rings. The molecule has 9 heteroatoms. The van der Waals surface area contributed by atoms with E-state index in [0.717, 1.165) is 22.0 Å². The lowest BCUT2D eigenvalue weighted by Gasteiger charge is -2.38. The summed E-state index contributed by atoms with van der Waals surface area (Å²) in [6, 6.07) is 18.9. The Morgan fingerprint density at radius 1 is 0.947 bits per heavy atom. The molecule has 0 N–H and O–H groups in total. The van der Waals surface area contributed by atoms with Gasteiger partial charge in [-0.05, 0) is 17.9 Å². The molecule has 3 aliphatic rings. The minimum Gasteiger partial charge on any atom is -0.463 e. The summed E-state index contributed by atoms with van der Waals surface area (Å²) in [6.45, 7) is 5.67. The van der Waals surface area contributed by atoms with Crippen molar-refractivity contribution in [1.82, 2.24) is 14.7 Å². The van der Waals surface area contributed by atoms with E-state index in [1.54, 1.807) is 23.6 Å². The van der Waals surface area contributed by atoms with E-state index in [4.69, 9.17) is 9.73 Å². The molecule has 8 nitrogen and oxygen atoms in total. The Hall–Kier alpha value is -3.85. The normalized spacial score (nSPS) is 19.1. The van der Waals surface area contributed by atoms with Crippen molar-refractivity contribution in [3.8, 4) is 0 Å². The van der Waals surface area contributed by atoms with Crippen LogP contribution in [0.5, 0.6) is 0 Å². The van der Waals surface area contributed by atoms with E-state index in [0.29, 0.717) is 37.4 Å². The first kappa shape index (κ1) is 25.8. The number of rotatable bonds is 6. The Labute approximate surface area is 226 Å². The van der Waals surface area contributed by atoms with E-state index in [9.17, 15) is 14.4 Å². The van der Waals surface area contributed by atoms with E-state index in [1.165, 1.54) is 11.8 Å². The monoisotopic (exact) mass is 530 g/mol. The smallest absolute Gasteiger partial charge is 0.338 e.